The summed E-state index contributed by atoms with van der Waals surface area (Å²) < 4.78 is 5.66. The van der Waals surface area contributed by atoms with Crippen LogP contribution in [0.4, 0.5) is 5.13 Å². The van der Waals surface area contributed by atoms with Gasteiger partial charge in [-0.2, -0.15) is 0 Å². The minimum absolute atomic E-state index is 0.535. The molecule has 0 saturated heterocycles. The third-order valence-electron chi connectivity index (χ3n) is 2.51. The number of thiazole rings is 1. The lowest BCUT2D eigenvalue weighted by atomic mass is 10.1. The number of benzene rings is 1. The van der Waals surface area contributed by atoms with Crippen molar-refractivity contribution in [1.82, 2.24) is 4.98 Å². The molecule has 0 aliphatic carbocycles. The Balaban J connectivity index is 2.15. The molecule has 3 nitrogen and oxygen atoms in total. The normalized spacial score (nSPS) is 10.9. The van der Waals surface area contributed by atoms with Gasteiger partial charge in [-0.05, 0) is 42.7 Å². The molecule has 0 aliphatic heterocycles. The Morgan fingerprint density at radius 2 is 1.94 bits per heavy atom. The Hall–Kier alpha value is -1.55. The van der Waals surface area contributed by atoms with E-state index in [-0.39, 0.29) is 0 Å². The van der Waals surface area contributed by atoms with Gasteiger partial charge in [-0.3, -0.25) is 0 Å². The summed E-state index contributed by atoms with van der Waals surface area (Å²) in [4.78, 5) is 5.36. The van der Waals surface area contributed by atoms with E-state index in [0.29, 0.717) is 11.0 Å². The number of rotatable bonds is 4. The monoisotopic (exact) mass is 262 g/mol. The Kier molecular flexibility index (Phi) is 3.87. The lowest BCUT2D eigenvalue weighted by Crippen LogP contribution is -2.04. The van der Waals surface area contributed by atoms with E-state index in [1.807, 2.05) is 19.1 Å². The Labute approximate surface area is 112 Å². The van der Waals surface area contributed by atoms with Gasteiger partial charge in [-0.1, -0.05) is 25.2 Å². The van der Waals surface area contributed by atoms with E-state index in [4.69, 9.17) is 10.5 Å². The molecule has 0 atom stereocenters. The topological polar surface area (TPSA) is 48.1 Å². The van der Waals surface area contributed by atoms with Crippen molar-refractivity contribution < 1.29 is 4.74 Å². The SMILES string of the molecule is Cc1nc(N)sc1-c1ccc(OCC(C)C)cc1. The molecule has 0 radical (unpaired) electrons. The Morgan fingerprint density at radius 3 is 2.44 bits per heavy atom. The number of hydrogen-bond acceptors (Lipinski definition) is 4. The third-order valence-corrected chi connectivity index (χ3v) is 3.55. The van der Waals surface area contributed by atoms with Gasteiger partial charge in [0.2, 0.25) is 0 Å². The van der Waals surface area contributed by atoms with E-state index in [0.717, 1.165) is 28.5 Å². The maximum atomic E-state index is 5.71. The van der Waals surface area contributed by atoms with Crippen LogP contribution in [0.15, 0.2) is 24.3 Å². The lowest BCUT2D eigenvalue weighted by molar-refractivity contribution is 0.271. The lowest BCUT2D eigenvalue weighted by Gasteiger charge is -2.08. The number of aromatic nitrogens is 1. The molecule has 2 rings (SSSR count). The van der Waals surface area contributed by atoms with Crippen LogP contribution in [0, 0.1) is 12.8 Å². The zero-order valence-corrected chi connectivity index (χ0v) is 11.8. The summed E-state index contributed by atoms with van der Waals surface area (Å²) in [7, 11) is 0. The highest BCUT2D eigenvalue weighted by atomic mass is 32.1. The number of nitrogen functional groups attached to an aromatic ring is 1. The smallest absolute Gasteiger partial charge is 0.180 e. The van der Waals surface area contributed by atoms with Crippen LogP contribution in [0.1, 0.15) is 19.5 Å². The highest BCUT2D eigenvalue weighted by Gasteiger charge is 2.08. The summed E-state index contributed by atoms with van der Waals surface area (Å²) in [5.41, 5.74) is 7.83. The van der Waals surface area contributed by atoms with Crippen LogP contribution in [-0.4, -0.2) is 11.6 Å². The second-order valence-corrected chi connectivity index (χ2v) is 5.73. The Morgan fingerprint density at radius 1 is 1.28 bits per heavy atom. The number of nitrogens with two attached hydrogens (primary N) is 1. The maximum absolute atomic E-state index is 5.71. The molecule has 2 aromatic rings. The molecule has 0 unspecified atom stereocenters. The molecule has 96 valence electrons. The minimum Gasteiger partial charge on any atom is -0.493 e. The van der Waals surface area contributed by atoms with Gasteiger partial charge in [0.1, 0.15) is 5.75 Å². The molecule has 4 heteroatoms. The number of nitrogens with zero attached hydrogens (tertiary/aromatic N) is 1. The van der Waals surface area contributed by atoms with Crippen molar-refractivity contribution >= 4 is 16.5 Å². The van der Waals surface area contributed by atoms with Crippen LogP contribution in [-0.2, 0) is 0 Å². The van der Waals surface area contributed by atoms with E-state index in [2.05, 4.69) is 31.0 Å². The van der Waals surface area contributed by atoms with Gasteiger partial charge >= 0.3 is 0 Å². The maximum Gasteiger partial charge on any atom is 0.180 e. The van der Waals surface area contributed by atoms with Gasteiger partial charge in [0.25, 0.3) is 0 Å². The molecular weight excluding hydrogens is 244 g/mol. The van der Waals surface area contributed by atoms with Crippen molar-refractivity contribution in [2.24, 2.45) is 5.92 Å². The molecule has 1 heterocycles. The fraction of sp³-hybridized carbons (Fsp3) is 0.357. The summed E-state index contributed by atoms with van der Waals surface area (Å²) >= 11 is 1.52. The van der Waals surface area contributed by atoms with Crippen LogP contribution in [0.25, 0.3) is 10.4 Å². The molecule has 0 spiro atoms. The quantitative estimate of drug-likeness (QED) is 0.913. The first-order chi connectivity index (χ1) is 8.56. The fourth-order valence-corrected chi connectivity index (χ4v) is 2.49. The van der Waals surface area contributed by atoms with Gasteiger partial charge in [-0.15, -0.1) is 0 Å². The largest absolute Gasteiger partial charge is 0.493 e. The fourth-order valence-electron chi connectivity index (χ4n) is 1.65. The first-order valence-corrected chi connectivity index (χ1v) is 6.84. The predicted molar refractivity (Wildman–Crippen MR) is 77.0 cm³/mol. The highest BCUT2D eigenvalue weighted by Crippen LogP contribution is 2.32. The van der Waals surface area contributed by atoms with Gasteiger partial charge < -0.3 is 10.5 Å². The van der Waals surface area contributed by atoms with E-state index >= 15 is 0 Å². The number of ether oxygens (including phenoxy) is 1. The molecule has 1 aromatic heterocycles. The molecule has 18 heavy (non-hydrogen) atoms. The second-order valence-electron chi connectivity index (χ2n) is 4.70. The van der Waals surface area contributed by atoms with Crippen LogP contribution < -0.4 is 10.5 Å². The van der Waals surface area contributed by atoms with E-state index in [1.165, 1.54) is 11.3 Å². The van der Waals surface area contributed by atoms with Crippen LogP contribution in [0.3, 0.4) is 0 Å². The average molecular weight is 262 g/mol. The van der Waals surface area contributed by atoms with Crippen LogP contribution >= 0.6 is 11.3 Å². The molecule has 2 N–H and O–H groups in total. The summed E-state index contributed by atoms with van der Waals surface area (Å²) in [6.07, 6.45) is 0. The predicted octanol–water partition coefficient (Wildman–Crippen LogP) is 3.74. The van der Waals surface area contributed by atoms with Crippen LogP contribution in [0.2, 0.25) is 0 Å². The molecule has 0 saturated carbocycles. The molecule has 0 fully saturated rings. The van der Waals surface area contributed by atoms with Gasteiger partial charge in [-0.25, -0.2) is 4.98 Å². The van der Waals surface area contributed by atoms with Crippen molar-refractivity contribution in [1.29, 1.82) is 0 Å². The Bertz CT molecular complexity index is 517. The van der Waals surface area contributed by atoms with Crippen molar-refractivity contribution in [3.8, 4) is 16.2 Å². The van der Waals surface area contributed by atoms with Crippen molar-refractivity contribution in [3.63, 3.8) is 0 Å². The van der Waals surface area contributed by atoms with Gasteiger partial charge in [0.15, 0.2) is 5.13 Å². The zero-order chi connectivity index (χ0) is 13.1. The summed E-state index contributed by atoms with van der Waals surface area (Å²) in [6, 6.07) is 8.09. The second kappa shape index (κ2) is 5.40. The van der Waals surface area contributed by atoms with E-state index in [1.54, 1.807) is 0 Å². The van der Waals surface area contributed by atoms with Crippen molar-refractivity contribution in [2.75, 3.05) is 12.3 Å². The molecule has 0 bridgehead atoms. The highest BCUT2D eigenvalue weighted by molar-refractivity contribution is 7.18. The number of hydrogen-bond donors (Lipinski definition) is 1. The molecule has 1 aromatic carbocycles. The van der Waals surface area contributed by atoms with E-state index in [9.17, 15) is 0 Å². The van der Waals surface area contributed by atoms with Crippen molar-refractivity contribution in [3.05, 3.63) is 30.0 Å². The van der Waals surface area contributed by atoms with Crippen LogP contribution in [0.5, 0.6) is 5.75 Å². The molecule has 0 amide bonds. The summed E-state index contributed by atoms with van der Waals surface area (Å²) in [5, 5.41) is 0.614. The minimum atomic E-state index is 0.535. The standard InChI is InChI=1S/C14H18N2OS/c1-9(2)8-17-12-6-4-11(5-7-12)13-10(3)16-14(15)18-13/h4-7,9H,8H2,1-3H3,(H2,15,16). The first kappa shape index (κ1) is 12.9. The van der Waals surface area contributed by atoms with Crippen molar-refractivity contribution in [2.45, 2.75) is 20.8 Å². The summed E-state index contributed by atoms with van der Waals surface area (Å²) in [5.74, 6) is 1.44. The first-order valence-electron chi connectivity index (χ1n) is 6.02. The molecular formula is C14H18N2OS. The average Bonchev–Trinajstić information content (AvgIpc) is 2.66. The molecule has 0 aliphatic rings. The zero-order valence-electron chi connectivity index (χ0n) is 10.9. The van der Waals surface area contributed by atoms with Gasteiger partial charge in [0, 0.05) is 0 Å². The van der Waals surface area contributed by atoms with E-state index < -0.39 is 0 Å². The summed E-state index contributed by atoms with van der Waals surface area (Å²) in [6.45, 7) is 6.99. The number of aryl methyl sites for hydroxylation is 1. The van der Waals surface area contributed by atoms with Gasteiger partial charge in [0.05, 0.1) is 17.2 Å². The third kappa shape index (κ3) is 3.01. The number of anilines is 1.